The van der Waals surface area contributed by atoms with Crippen molar-refractivity contribution in [3.8, 4) is 5.75 Å². The molecule has 0 saturated heterocycles. The Hall–Kier alpha value is -1.60. The van der Waals surface area contributed by atoms with E-state index in [2.05, 4.69) is 10.0 Å². The Morgan fingerprint density at radius 2 is 1.78 bits per heavy atom. The number of hydrogen-bond acceptors (Lipinski definition) is 4. The molecule has 7 heteroatoms. The van der Waals surface area contributed by atoms with E-state index in [1.54, 1.807) is 32.9 Å². The molecule has 1 aromatic carbocycles. The molecule has 1 amide bonds. The molecule has 152 valence electrons. The first kappa shape index (κ1) is 21.7. The van der Waals surface area contributed by atoms with Gasteiger partial charge in [0.1, 0.15) is 5.75 Å². The fourth-order valence-electron chi connectivity index (χ4n) is 3.34. The second kappa shape index (κ2) is 10.1. The number of sulfonamides is 1. The lowest BCUT2D eigenvalue weighted by atomic mass is 9.97. The summed E-state index contributed by atoms with van der Waals surface area (Å²) in [7, 11) is -3.54. The van der Waals surface area contributed by atoms with Crippen molar-refractivity contribution in [1.29, 1.82) is 0 Å². The van der Waals surface area contributed by atoms with Crippen LogP contribution in [0, 0.1) is 6.92 Å². The molecule has 1 fully saturated rings. The van der Waals surface area contributed by atoms with Gasteiger partial charge >= 0.3 is 0 Å². The van der Waals surface area contributed by atoms with Gasteiger partial charge in [-0.3, -0.25) is 4.79 Å². The zero-order valence-corrected chi connectivity index (χ0v) is 17.4. The average molecular weight is 397 g/mol. The van der Waals surface area contributed by atoms with Crippen LogP contribution in [0.2, 0.25) is 0 Å². The van der Waals surface area contributed by atoms with Gasteiger partial charge in [-0.15, -0.1) is 0 Å². The molecule has 27 heavy (non-hydrogen) atoms. The summed E-state index contributed by atoms with van der Waals surface area (Å²) in [5.74, 6) is 0.393. The van der Waals surface area contributed by atoms with Gasteiger partial charge in [0.2, 0.25) is 10.0 Å². The van der Waals surface area contributed by atoms with Crippen LogP contribution in [0.25, 0.3) is 0 Å². The Morgan fingerprint density at radius 3 is 2.37 bits per heavy atom. The molecule has 1 saturated carbocycles. The minimum absolute atomic E-state index is 0.0618. The first-order chi connectivity index (χ1) is 12.8. The van der Waals surface area contributed by atoms with Crippen molar-refractivity contribution in [2.75, 3.05) is 6.61 Å². The summed E-state index contributed by atoms with van der Waals surface area (Å²) in [6, 6.07) is 4.72. The number of hydrogen-bond donors (Lipinski definition) is 2. The van der Waals surface area contributed by atoms with Crippen molar-refractivity contribution < 1.29 is 17.9 Å². The van der Waals surface area contributed by atoms with Crippen LogP contribution >= 0.6 is 0 Å². The van der Waals surface area contributed by atoms with Crippen LogP contribution in [0.1, 0.15) is 64.4 Å². The van der Waals surface area contributed by atoms with Crippen LogP contribution < -0.4 is 14.8 Å². The van der Waals surface area contributed by atoms with Gasteiger partial charge in [0.25, 0.3) is 5.91 Å². The number of carbonyl (C=O) groups excluding carboxylic acids is 1. The van der Waals surface area contributed by atoms with Crippen LogP contribution in [0.15, 0.2) is 23.1 Å². The summed E-state index contributed by atoms with van der Waals surface area (Å²) in [6.45, 7) is 5.26. The van der Waals surface area contributed by atoms with Gasteiger partial charge in [-0.05, 0) is 57.4 Å². The number of amides is 1. The smallest absolute Gasteiger partial charge is 0.258 e. The number of benzene rings is 1. The molecule has 1 aliphatic rings. The summed E-state index contributed by atoms with van der Waals surface area (Å²) < 4.78 is 32.6. The minimum atomic E-state index is -3.54. The predicted octanol–water partition coefficient (Wildman–Crippen LogP) is 3.29. The largest absolute Gasteiger partial charge is 0.484 e. The van der Waals surface area contributed by atoms with Crippen LogP contribution in [-0.4, -0.2) is 33.0 Å². The molecule has 0 heterocycles. The van der Waals surface area contributed by atoms with Crippen molar-refractivity contribution in [1.82, 2.24) is 10.0 Å². The normalized spacial score (nSPS) is 16.6. The Kier molecular flexibility index (Phi) is 8.10. The SMILES string of the molecule is Cc1cc(S(=O)(=O)NC(C)C)ccc1OCC(=O)NC1CCCCCCC1. The molecule has 6 nitrogen and oxygen atoms in total. The fraction of sp³-hybridized carbons (Fsp3) is 0.650. The highest BCUT2D eigenvalue weighted by Gasteiger charge is 2.18. The highest BCUT2D eigenvalue weighted by Crippen LogP contribution is 2.22. The Morgan fingerprint density at radius 1 is 1.15 bits per heavy atom. The third kappa shape index (κ3) is 7.14. The molecule has 0 bridgehead atoms. The van der Waals surface area contributed by atoms with Gasteiger partial charge in [0.15, 0.2) is 6.61 Å². The van der Waals surface area contributed by atoms with Crippen LogP contribution in [0.3, 0.4) is 0 Å². The Balaban J connectivity index is 1.90. The maximum absolute atomic E-state index is 12.2. The Labute approximate surface area is 163 Å². The molecular weight excluding hydrogens is 364 g/mol. The van der Waals surface area contributed by atoms with E-state index < -0.39 is 10.0 Å². The number of aryl methyl sites for hydroxylation is 1. The van der Waals surface area contributed by atoms with E-state index >= 15 is 0 Å². The quantitative estimate of drug-likeness (QED) is 0.741. The lowest BCUT2D eigenvalue weighted by molar-refractivity contribution is -0.123. The van der Waals surface area contributed by atoms with E-state index in [0.717, 1.165) is 25.7 Å². The van der Waals surface area contributed by atoms with Crippen molar-refractivity contribution in [2.45, 2.75) is 82.7 Å². The monoisotopic (exact) mass is 396 g/mol. The van der Waals surface area contributed by atoms with Gasteiger partial charge in [0.05, 0.1) is 4.90 Å². The molecule has 2 N–H and O–H groups in total. The standard InChI is InChI=1S/C20H32N2O4S/c1-15(2)22-27(24,25)18-11-12-19(16(3)13-18)26-14-20(23)21-17-9-7-5-4-6-8-10-17/h11-13,15,17,22H,4-10,14H2,1-3H3,(H,21,23). The van der Waals surface area contributed by atoms with E-state index in [9.17, 15) is 13.2 Å². The Bertz CT molecular complexity index is 723. The maximum atomic E-state index is 12.2. The second-order valence-corrected chi connectivity index (χ2v) is 9.32. The summed E-state index contributed by atoms with van der Waals surface area (Å²) in [6.07, 6.45) is 8.14. The molecule has 1 aliphatic carbocycles. The zero-order chi connectivity index (χ0) is 19.9. The van der Waals surface area contributed by atoms with Gasteiger partial charge < -0.3 is 10.1 Å². The maximum Gasteiger partial charge on any atom is 0.258 e. The number of nitrogens with one attached hydrogen (secondary N) is 2. The second-order valence-electron chi connectivity index (χ2n) is 7.60. The topological polar surface area (TPSA) is 84.5 Å². The summed E-state index contributed by atoms with van der Waals surface area (Å²) in [5, 5.41) is 3.06. The third-order valence-corrected chi connectivity index (χ3v) is 6.33. The highest BCUT2D eigenvalue weighted by molar-refractivity contribution is 7.89. The van der Waals surface area contributed by atoms with E-state index in [1.165, 1.54) is 25.3 Å². The van der Waals surface area contributed by atoms with Crippen molar-refractivity contribution in [2.24, 2.45) is 0 Å². The van der Waals surface area contributed by atoms with Crippen LogP contribution in [-0.2, 0) is 14.8 Å². The highest BCUT2D eigenvalue weighted by atomic mass is 32.2. The molecule has 0 aromatic heterocycles. The first-order valence-corrected chi connectivity index (χ1v) is 11.3. The molecule has 2 rings (SSSR count). The average Bonchev–Trinajstić information content (AvgIpc) is 2.55. The van der Waals surface area contributed by atoms with Crippen LogP contribution in [0.4, 0.5) is 0 Å². The van der Waals surface area contributed by atoms with E-state index in [0.29, 0.717) is 11.3 Å². The summed E-state index contributed by atoms with van der Waals surface area (Å²) in [5.41, 5.74) is 0.681. The summed E-state index contributed by atoms with van der Waals surface area (Å²) in [4.78, 5) is 12.4. The zero-order valence-electron chi connectivity index (χ0n) is 16.6. The molecule has 0 atom stereocenters. The molecule has 0 spiro atoms. The fourth-order valence-corrected chi connectivity index (χ4v) is 4.68. The molecule has 1 aromatic rings. The van der Waals surface area contributed by atoms with Gasteiger partial charge in [0, 0.05) is 12.1 Å². The van der Waals surface area contributed by atoms with E-state index in [1.807, 2.05) is 0 Å². The molecule has 0 aliphatic heterocycles. The van der Waals surface area contributed by atoms with Crippen molar-refractivity contribution >= 4 is 15.9 Å². The van der Waals surface area contributed by atoms with Crippen LogP contribution in [0.5, 0.6) is 5.75 Å². The number of carbonyl (C=O) groups is 1. The van der Waals surface area contributed by atoms with Crippen molar-refractivity contribution in [3.63, 3.8) is 0 Å². The van der Waals surface area contributed by atoms with Gasteiger partial charge in [-0.25, -0.2) is 13.1 Å². The minimum Gasteiger partial charge on any atom is -0.484 e. The molecule has 0 radical (unpaired) electrons. The van der Waals surface area contributed by atoms with Crippen molar-refractivity contribution in [3.05, 3.63) is 23.8 Å². The van der Waals surface area contributed by atoms with E-state index in [-0.39, 0.29) is 29.5 Å². The number of rotatable bonds is 7. The van der Waals surface area contributed by atoms with Gasteiger partial charge in [-0.1, -0.05) is 32.1 Å². The first-order valence-electron chi connectivity index (χ1n) is 9.83. The third-order valence-electron chi connectivity index (χ3n) is 4.68. The van der Waals surface area contributed by atoms with E-state index in [4.69, 9.17) is 4.74 Å². The summed E-state index contributed by atoms with van der Waals surface area (Å²) >= 11 is 0. The lowest BCUT2D eigenvalue weighted by Crippen LogP contribution is -2.38. The molecular formula is C20H32N2O4S. The lowest BCUT2D eigenvalue weighted by Gasteiger charge is -2.21. The molecule has 0 unspecified atom stereocenters. The number of ether oxygens (including phenoxy) is 1. The predicted molar refractivity (Wildman–Crippen MR) is 106 cm³/mol. The van der Waals surface area contributed by atoms with Gasteiger partial charge in [-0.2, -0.15) is 0 Å².